The normalized spacial score (nSPS) is 28.5. The van der Waals surface area contributed by atoms with Crippen LogP contribution in [-0.2, 0) is 9.53 Å². The van der Waals surface area contributed by atoms with E-state index in [-0.39, 0.29) is 29.6 Å². The molecule has 1 aliphatic heterocycles. The molecule has 1 amide bonds. The number of hydrogen-bond donors (Lipinski definition) is 1. The van der Waals surface area contributed by atoms with E-state index in [1.54, 1.807) is 24.1 Å². The lowest BCUT2D eigenvalue weighted by Crippen LogP contribution is -2.69. The number of hydrogen-bond acceptors (Lipinski definition) is 4. The van der Waals surface area contributed by atoms with Crippen molar-refractivity contribution in [2.45, 2.75) is 37.9 Å². The van der Waals surface area contributed by atoms with Gasteiger partial charge in [0.1, 0.15) is 11.6 Å². The Morgan fingerprint density at radius 3 is 2.71 bits per heavy atom. The first-order valence-electron chi connectivity index (χ1n) is 8.30. The molecule has 0 radical (unpaired) electrons. The predicted molar refractivity (Wildman–Crippen MR) is 86.2 cm³/mol. The SMILES string of the molecule is COC1(C)CC(O)C12CCN(C(=O)COc1cccc(F)c1)CC2. The van der Waals surface area contributed by atoms with Crippen LogP contribution in [0.2, 0.25) is 0 Å². The zero-order chi connectivity index (χ0) is 17.4. The van der Waals surface area contributed by atoms with Gasteiger partial charge in [0.2, 0.25) is 0 Å². The molecular formula is C18H24FNO4. The molecule has 1 N–H and O–H groups in total. The number of nitrogens with zero attached hydrogens (tertiary/aromatic N) is 1. The molecule has 1 aromatic rings. The number of carbonyl (C=O) groups excluding carboxylic acids is 1. The second-order valence-corrected chi connectivity index (χ2v) is 6.94. The quantitative estimate of drug-likeness (QED) is 0.913. The minimum Gasteiger partial charge on any atom is -0.484 e. The molecule has 24 heavy (non-hydrogen) atoms. The molecule has 2 aliphatic rings. The van der Waals surface area contributed by atoms with Gasteiger partial charge in [-0.25, -0.2) is 4.39 Å². The summed E-state index contributed by atoms with van der Waals surface area (Å²) in [5.74, 6) is -0.169. The highest BCUT2D eigenvalue weighted by Gasteiger charge is 2.63. The van der Waals surface area contributed by atoms with E-state index in [0.29, 0.717) is 38.1 Å². The zero-order valence-electron chi connectivity index (χ0n) is 14.1. The molecule has 5 nitrogen and oxygen atoms in total. The Kier molecular flexibility index (Phi) is 4.53. The van der Waals surface area contributed by atoms with Crippen molar-refractivity contribution in [2.75, 3.05) is 26.8 Å². The molecule has 1 saturated heterocycles. The average Bonchev–Trinajstić information content (AvgIpc) is 2.59. The lowest BCUT2D eigenvalue weighted by molar-refractivity contribution is -0.261. The van der Waals surface area contributed by atoms with Crippen LogP contribution in [0.25, 0.3) is 0 Å². The number of amides is 1. The highest BCUT2D eigenvalue weighted by molar-refractivity contribution is 5.77. The predicted octanol–water partition coefficient (Wildman–Crippen LogP) is 1.98. The third kappa shape index (κ3) is 2.78. The smallest absolute Gasteiger partial charge is 0.260 e. The van der Waals surface area contributed by atoms with E-state index < -0.39 is 5.82 Å². The van der Waals surface area contributed by atoms with E-state index in [9.17, 15) is 14.3 Å². The summed E-state index contributed by atoms with van der Waals surface area (Å²) in [6.45, 7) is 3.06. The molecule has 1 aliphatic carbocycles. The Hall–Kier alpha value is -1.66. The monoisotopic (exact) mass is 337 g/mol. The Labute approximate surface area is 141 Å². The summed E-state index contributed by atoms with van der Waals surface area (Å²) in [5, 5.41) is 10.2. The van der Waals surface area contributed by atoms with E-state index in [2.05, 4.69) is 0 Å². The van der Waals surface area contributed by atoms with Crippen LogP contribution in [0.1, 0.15) is 26.2 Å². The highest BCUT2D eigenvalue weighted by atomic mass is 19.1. The van der Waals surface area contributed by atoms with Gasteiger partial charge in [-0.3, -0.25) is 4.79 Å². The molecule has 2 unspecified atom stereocenters. The molecule has 1 saturated carbocycles. The highest BCUT2D eigenvalue weighted by Crippen LogP contribution is 2.57. The molecular weight excluding hydrogens is 313 g/mol. The van der Waals surface area contributed by atoms with Gasteiger partial charge in [-0.2, -0.15) is 0 Å². The van der Waals surface area contributed by atoms with Gasteiger partial charge in [0, 0.05) is 38.1 Å². The zero-order valence-corrected chi connectivity index (χ0v) is 14.1. The topological polar surface area (TPSA) is 59.0 Å². The number of aliphatic hydroxyl groups excluding tert-OH is 1. The minimum absolute atomic E-state index is 0.111. The Bertz CT molecular complexity index is 615. The molecule has 1 heterocycles. The summed E-state index contributed by atoms with van der Waals surface area (Å²) in [6.07, 6.45) is 1.69. The maximum absolute atomic E-state index is 13.1. The van der Waals surface area contributed by atoms with Crippen molar-refractivity contribution in [2.24, 2.45) is 5.41 Å². The first-order valence-corrected chi connectivity index (χ1v) is 8.30. The van der Waals surface area contributed by atoms with E-state index in [0.717, 1.165) is 0 Å². The standard InChI is InChI=1S/C18H24FNO4/c1-17(23-2)11-15(21)18(17)6-8-20(9-7-18)16(22)12-24-14-5-3-4-13(19)10-14/h3-5,10,15,21H,6-9,11-12H2,1-2H3. The number of ether oxygens (including phenoxy) is 2. The fourth-order valence-corrected chi connectivity index (χ4v) is 4.09. The van der Waals surface area contributed by atoms with Crippen LogP contribution in [-0.4, -0.2) is 54.4 Å². The summed E-state index contributed by atoms with van der Waals surface area (Å²) in [5.41, 5.74) is -0.582. The van der Waals surface area contributed by atoms with Gasteiger partial charge in [0.05, 0.1) is 11.7 Å². The van der Waals surface area contributed by atoms with Crippen LogP contribution in [0.4, 0.5) is 4.39 Å². The van der Waals surface area contributed by atoms with Gasteiger partial charge < -0.3 is 19.5 Å². The van der Waals surface area contributed by atoms with Gasteiger partial charge >= 0.3 is 0 Å². The molecule has 1 spiro atoms. The van der Waals surface area contributed by atoms with E-state index in [1.807, 2.05) is 6.92 Å². The first kappa shape index (κ1) is 17.2. The minimum atomic E-state index is -0.391. The van der Waals surface area contributed by atoms with Crippen LogP contribution >= 0.6 is 0 Å². The summed E-state index contributed by atoms with van der Waals surface area (Å²) >= 11 is 0. The van der Waals surface area contributed by atoms with Gasteiger partial charge in [-0.15, -0.1) is 0 Å². The van der Waals surface area contributed by atoms with Crippen molar-refractivity contribution in [3.05, 3.63) is 30.1 Å². The molecule has 6 heteroatoms. The lowest BCUT2D eigenvalue weighted by atomic mass is 9.51. The fourth-order valence-electron chi connectivity index (χ4n) is 4.09. The van der Waals surface area contributed by atoms with Gasteiger partial charge in [0.25, 0.3) is 5.91 Å². The first-order chi connectivity index (χ1) is 11.4. The number of carbonyl (C=O) groups is 1. The van der Waals surface area contributed by atoms with Crippen LogP contribution < -0.4 is 4.74 Å². The molecule has 0 bridgehead atoms. The maximum atomic E-state index is 13.1. The summed E-state index contributed by atoms with van der Waals surface area (Å²) < 4.78 is 24.1. The van der Waals surface area contributed by atoms with Crippen molar-refractivity contribution in [1.82, 2.24) is 4.90 Å². The van der Waals surface area contributed by atoms with Crippen LogP contribution in [0, 0.1) is 11.2 Å². The van der Waals surface area contributed by atoms with Crippen molar-refractivity contribution < 1.29 is 23.8 Å². The number of rotatable bonds is 4. The molecule has 2 fully saturated rings. The van der Waals surface area contributed by atoms with Crippen LogP contribution in [0.3, 0.4) is 0 Å². The molecule has 1 aromatic carbocycles. The number of methoxy groups -OCH3 is 1. The average molecular weight is 337 g/mol. The summed E-state index contributed by atoms with van der Waals surface area (Å²) in [7, 11) is 1.68. The van der Waals surface area contributed by atoms with Crippen LogP contribution in [0.5, 0.6) is 5.75 Å². The van der Waals surface area contributed by atoms with Gasteiger partial charge in [-0.1, -0.05) is 6.07 Å². The van der Waals surface area contributed by atoms with Gasteiger partial charge in [-0.05, 0) is 31.9 Å². The maximum Gasteiger partial charge on any atom is 0.260 e. The third-order valence-corrected chi connectivity index (χ3v) is 5.89. The number of likely N-dealkylation sites (tertiary alicyclic amines) is 1. The van der Waals surface area contributed by atoms with Crippen molar-refractivity contribution in [3.63, 3.8) is 0 Å². The largest absolute Gasteiger partial charge is 0.484 e. The van der Waals surface area contributed by atoms with E-state index >= 15 is 0 Å². The fraction of sp³-hybridized carbons (Fsp3) is 0.611. The number of aliphatic hydroxyl groups is 1. The Balaban J connectivity index is 1.54. The molecule has 0 aromatic heterocycles. The van der Waals surface area contributed by atoms with Crippen molar-refractivity contribution >= 4 is 5.91 Å². The number of halogens is 1. The third-order valence-electron chi connectivity index (χ3n) is 5.89. The Morgan fingerprint density at radius 1 is 1.42 bits per heavy atom. The van der Waals surface area contributed by atoms with Crippen molar-refractivity contribution in [1.29, 1.82) is 0 Å². The Morgan fingerprint density at radius 2 is 2.12 bits per heavy atom. The second-order valence-electron chi connectivity index (χ2n) is 6.94. The van der Waals surface area contributed by atoms with E-state index in [4.69, 9.17) is 9.47 Å². The van der Waals surface area contributed by atoms with Crippen molar-refractivity contribution in [3.8, 4) is 5.75 Å². The lowest BCUT2D eigenvalue weighted by Gasteiger charge is -2.62. The summed E-state index contributed by atoms with van der Waals surface area (Å²) in [4.78, 5) is 14.0. The number of benzene rings is 1. The molecule has 132 valence electrons. The number of piperidine rings is 1. The van der Waals surface area contributed by atoms with Gasteiger partial charge in [0.15, 0.2) is 6.61 Å². The van der Waals surface area contributed by atoms with E-state index in [1.165, 1.54) is 12.1 Å². The second kappa shape index (κ2) is 6.33. The summed E-state index contributed by atoms with van der Waals surface area (Å²) in [6, 6.07) is 5.75. The molecule has 2 atom stereocenters. The molecule has 3 rings (SSSR count). The van der Waals surface area contributed by atoms with Crippen LogP contribution in [0.15, 0.2) is 24.3 Å².